The molecule has 0 spiro atoms. The second kappa shape index (κ2) is 4.74. The van der Waals surface area contributed by atoms with Gasteiger partial charge in [-0.1, -0.05) is 36.4 Å². The molecule has 2 atom stereocenters. The van der Waals surface area contributed by atoms with E-state index in [0.717, 1.165) is 11.1 Å². The molecule has 0 saturated heterocycles. The Morgan fingerprint density at radius 3 is 1.91 bits per heavy atom. The standard InChI is InChI=1S/C16H12N2O4S/c19-18(20)11-5-7-12(8-6-11)23(21,22)17-15-9-10-16(17)14-4-2-1-3-13(14)15/h1-10,15-16H. The first-order valence-corrected chi connectivity index (χ1v) is 8.49. The highest BCUT2D eigenvalue weighted by Gasteiger charge is 2.46. The van der Waals surface area contributed by atoms with Gasteiger partial charge in [0.05, 0.1) is 21.9 Å². The van der Waals surface area contributed by atoms with Crippen LogP contribution in [-0.2, 0) is 10.0 Å². The van der Waals surface area contributed by atoms with Crippen molar-refractivity contribution < 1.29 is 13.3 Å². The van der Waals surface area contributed by atoms with E-state index in [1.165, 1.54) is 28.6 Å². The maximum Gasteiger partial charge on any atom is 0.269 e. The van der Waals surface area contributed by atoms with Crippen LogP contribution in [0.15, 0.2) is 65.6 Å². The first kappa shape index (κ1) is 14.1. The first-order chi connectivity index (χ1) is 11.0. The number of nitro groups is 1. The Balaban J connectivity index is 1.75. The van der Waals surface area contributed by atoms with Gasteiger partial charge in [0.25, 0.3) is 5.69 Å². The number of non-ortho nitro benzene ring substituents is 1. The Labute approximate surface area is 132 Å². The molecule has 6 nitrogen and oxygen atoms in total. The summed E-state index contributed by atoms with van der Waals surface area (Å²) in [6.45, 7) is 0. The molecule has 2 bridgehead atoms. The van der Waals surface area contributed by atoms with E-state index in [4.69, 9.17) is 0 Å². The Bertz CT molecular complexity index is 902. The number of hydrogen-bond donors (Lipinski definition) is 0. The molecule has 0 aliphatic carbocycles. The largest absolute Gasteiger partial charge is 0.269 e. The van der Waals surface area contributed by atoms with Crippen LogP contribution >= 0.6 is 0 Å². The number of nitrogens with zero attached hydrogens (tertiary/aromatic N) is 2. The number of nitro benzene ring substituents is 1. The van der Waals surface area contributed by atoms with E-state index in [-0.39, 0.29) is 22.7 Å². The van der Waals surface area contributed by atoms with Crippen LogP contribution in [0.1, 0.15) is 23.2 Å². The minimum absolute atomic E-state index is 0.0645. The van der Waals surface area contributed by atoms with Crippen LogP contribution in [0, 0.1) is 10.1 Å². The number of fused-ring (bicyclic) bond motifs is 5. The van der Waals surface area contributed by atoms with Crippen LogP contribution in [0.3, 0.4) is 0 Å². The van der Waals surface area contributed by atoms with E-state index in [2.05, 4.69) is 0 Å². The monoisotopic (exact) mass is 328 g/mol. The molecular formula is C16H12N2O4S. The molecule has 23 heavy (non-hydrogen) atoms. The molecule has 2 heterocycles. The van der Waals surface area contributed by atoms with Crippen LogP contribution in [0.2, 0.25) is 0 Å². The number of sulfonamides is 1. The van der Waals surface area contributed by atoms with Gasteiger partial charge in [0.15, 0.2) is 0 Å². The topological polar surface area (TPSA) is 80.5 Å². The maximum atomic E-state index is 13.0. The predicted molar refractivity (Wildman–Crippen MR) is 83.2 cm³/mol. The minimum Gasteiger partial charge on any atom is -0.258 e. The molecule has 4 rings (SSSR count). The van der Waals surface area contributed by atoms with Gasteiger partial charge in [-0.25, -0.2) is 8.42 Å². The molecule has 7 heteroatoms. The minimum atomic E-state index is -3.74. The zero-order valence-electron chi connectivity index (χ0n) is 11.9. The summed E-state index contributed by atoms with van der Waals surface area (Å²) in [5.74, 6) is 0. The second-order valence-electron chi connectivity index (χ2n) is 5.49. The van der Waals surface area contributed by atoms with E-state index < -0.39 is 14.9 Å². The fourth-order valence-electron chi connectivity index (χ4n) is 3.24. The number of hydrogen-bond acceptors (Lipinski definition) is 4. The molecule has 2 aliphatic heterocycles. The normalized spacial score (nSPS) is 22.3. The first-order valence-electron chi connectivity index (χ1n) is 7.05. The molecule has 2 aromatic rings. The lowest BCUT2D eigenvalue weighted by Gasteiger charge is -2.22. The summed E-state index contributed by atoms with van der Waals surface area (Å²) in [6.07, 6.45) is 3.77. The van der Waals surface area contributed by atoms with Crippen molar-refractivity contribution in [1.82, 2.24) is 4.31 Å². The van der Waals surface area contributed by atoms with Gasteiger partial charge in [-0.15, -0.1) is 0 Å². The van der Waals surface area contributed by atoms with Crippen LogP contribution in [0.5, 0.6) is 0 Å². The molecule has 2 unspecified atom stereocenters. The van der Waals surface area contributed by atoms with Gasteiger partial charge in [0.2, 0.25) is 10.0 Å². The molecule has 0 N–H and O–H groups in total. The highest BCUT2D eigenvalue weighted by atomic mass is 32.2. The average Bonchev–Trinajstić information content (AvgIpc) is 3.13. The summed E-state index contributed by atoms with van der Waals surface area (Å²) in [5.41, 5.74) is 1.85. The highest BCUT2D eigenvalue weighted by Crippen LogP contribution is 2.51. The summed E-state index contributed by atoms with van der Waals surface area (Å²) >= 11 is 0. The molecule has 0 fully saturated rings. The number of benzene rings is 2. The average molecular weight is 328 g/mol. The van der Waals surface area contributed by atoms with Gasteiger partial charge in [0, 0.05) is 12.1 Å². The molecule has 116 valence electrons. The zero-order valence-corrected chi connectivity index (χ0v) is 12.7. The summed E-state index contributed by atoms with van der Waals surface area (Å²) in [4.78, 5) is 10.2. The van der Waals surface area contributed by atoms with Gasteiger partial charge in [-0.3, -0.25) is 10.1 Å². The molecule has 2 aromatic carbocycles. The Morgan fingerprint density at radius 1 is 0.913 bits per heavy atom. The van der Waals surface area contributed by atoms with E-state index >= 15 is 0 Å². The molecular weight excluding hydrogens is 316 g/mol. The summed E-state index contributed by atoms with van der Waals surface area (Å²) in [7, 11) is -3.74. The van der Waals surface area contributed by atoms with Crippen LogP contribution < -0.4 is 0 Å². The lowest BCUT2D eigenvalue weighted by Crippen LogP contribution is -2.28. The Hall–Kier alpha value is -2.51. The van der Waals surface area contributed by atoms with E-state index in [1.807, 2.05) is 36.4 Å². The van der Waals surface area contributed by atoms with E-state index in [0.29, 0.717) is 0 Å². The molecule has 2 aliphatic rings. The summed E-state index contributed by atoms with van der Waals surface area (Å²) < 4.78 is 27.4. The van der Waals surface area contributed by atoms with Crippen molar-refractivity contribution >= 4 is 15.7 Å². The van der Waals surface area contributed by atoms with Crippen molar-refractivity contribution in [1.29, 1.82) is 0 Å². The Morgan fingerprint density at radius 2 is 1.43 bits per heavy atom. The van der Waals surface area contributed by atoms with Gasteiger partial charge in [-0.2, -0.15) is 4.31 Å². The van der Waals surface area contributed by atoms with Crippen LogP contribution in [0.4, 0.5) is 5.69 Å². The highest BCUT2D eigenvalue weighted by molar-refractivity contribution is 7.89. The van der Waals surface area contributed by atoms with Crippen molar-refractivity contribution in [3.63, 3.8) is 0 Å². The lowest BCUT2D eigenvalue weighted by atomic mass is 9.97. The van der Waals surface area contributed by atoms with Gasteiger partial charge in [-0.05, 0) is 23.3 Å². The predicted octanol–water partition coefficient (Wildman–Crippen LogP) is 2.95. The van der Waals surface area contributed by atoms with Crippen LogP contribution in [0.25, 0.3) is 0 Å². The molecule has 0 saturated carbocycles. The van der Waals surface area contributed by atoms with Crippen molar-refractivity contribution in [2.75, 3.05) is 0 Å². The van der Waals surface area contributed by atoms with Gasteiger partial charge < -0.3 is 0 Å². The zero-order chi connectivity index (χ0) is 16.2. The third-order valence-corrected chi connectivity index (χ3v) is 6.16. The Kier molecular flexibility index (Phi) is 2.91. The van der Waals surface area contributed by atoms with Crippen molar-refractivity contribution in [2.45, 2.75) is 17.0 Å². The summed E-state index contributed by atoms with van der Waals surface area (Å²) in [5, 5.41) is 10.7. The fraction of sp³-hybridized carbons (Fsp3) is 0.125. The molecule has 0 aromatic heterocycles. The van der Waals surface area contributed by atoms with Crippen molar-refractivity contribution in [3.8, 4) is 0 Å². The maximum absolute atomic E-state index is 13.0. The number of rotatable bonds is 3. The fourth-order valence-corrected chi connectivity index (χ4v) is 4.93. The van der Waals surface area contributed by atoms with Crippen molar-refractivity contribution in [3.05, 3.63) is 81.9 Å². The van der Waals surface area contributed by atoms with Gasteiger partial charge >= 0.3 is 0 Å². The third-order valence-electron chi connectivity index (χ3n) is 4.28. The second-order valence-corrected chi connectivity index (χ2v) is 7.33. The quantitative estimate of drug-likeness (QED) is 0.493. The molecule has 0 radical (unpaired) electrons. The van der Waals surface area contributed by atoms with Crippen molar-refractivity contribution in [2.24, 2.45) is 0 Å². The van der Waals surface area contributed by atoms with E-state index in [9.17, 15) is 18.5 Å². The SMILES string of the molecule is O=[N+]([O-])c1ccc(S(=O)(=O)N2C3C=CC2c2ccccc23)cc1. The molecule has 0 amide bonds. The lowest BCUT2D eigenvalue weighted by molar-refractivity contribution is -0.384. The van der Waals surface area contributed by atoms with E-state index in [1.54, 1.807) is 0 Å². The van der Waals surface area contributed by atoms with Crippen LogP contribution in [-0.4, -0.2) is 17.6 Å². The van der Waals surface area contributed by atoms with Gasteiger partial charge in [0.1, 0.15) is 0 Å². The third kappa shape index (κ3) is 1.94. The smallest absolute Gasteiger partial charge is 0.258 e. The summed E-state index contributed by atoms with van der Waals surface area (Å²) in [6, 6.07) is 12.0.